The maximum atomic E-state index is 10.2. The first-order valence-corrected chi connectivity index (χ1v) is 10.8. The van der Waals surface area contributed by atoms with E-state index in [2.05, 4.69) is 37.5 Å². The number of nitrogens with one attached hydrogen (secondary N) is 1. The molecule has 146 valence electrons. The van der Waals surface area contributed by atoms with E-state index in [0.29, 0.717) is 10.6 Å². The van der Waals surface area contributed by atoms with Gasteiger partial charge in [0.1, 0.15) is 6.20 Å². The van der Waals surface area contributed by atoms with Crippen LogP contribution < -0.4 is 5.32 Å². The fourth-order valence-corrected chi connectivity index (χ4v) is 4.01. The van der Waals surface area contributed by atoms with Crippen LogP contribution in [-0.2, 0) is 0 Å². The van der Waals surface area contributed by atoms with Gasteiger partial charge < -0.3 is 10.4 Å². The molecule has 1 heterocycles. The fourth-order valence-electron chi connectivity index (χ4n) is 4.01. The molecule has 3 atom stereocenters. The molecule has 0 aromatic carbocycles. The van der Waals surface area contributed by atoms with Gasteiger partial charge in [-0.3, -0.25) is 4.48 Å². The van der Waals surface area contributed by atoms with Gasteiger partial charge in [0.15, 0.2) is 12.4 Å². The van der Waals surface area contributed by atoms with Crippen molar-refractivity contribution in [2.24, 2.45) is 0 Å². The van der Waals surface area contributed by atoms with Crippen LogP contribution in [0.15, 0.2) is 24.6 Å². The monoisotopic (exact) mass is 351 g/mol. The molecule has 1 aliphatic rings. The lowest BCUT2D eigenvalue weighted by molar-refractivity contribution is -0.942. The van der Waals surface area contributed by atoms with Crippen molar-refractivity contribution in [3.63, 3.8) is 0 Å². The van der Waals surface area contributed by atoms with Crippen molar-refractivity contribution in [1.82, 2.24) is 5.32 Å². The molecule has 0 bridgehead atoms. The Morgan fingerprint density at radius 2 is 1.56 bits per heavy atom. The molecule has 1 rings (SSSR count). The summed E-state index contributed by atoms with van der Waals surface area (Å²) in [5.41, 5.74) is 0. The number of hydrogen-bond donors (Lipinski definition) is 2. The number of rotatable bonds is 15. The zero-order valence-electron chi connectivity index (χ0n) is 17.1. The molecular weight excluding hydrogens is 308 g/mol. The lowest BCUT2D eigenvalue weighted by Gasteiger charge is -2.39. The van der Waals surface area contributed by atoms with Gasteiger partial charge in [-0.1, -0.05) is 63.5 Å². The van der Waals surface area contributed by atoms with Crippen molar-refractivity contribution in [3.05, 3.63) is 24.6 Å². The summed E-state index contributed by atoms with van der Waals surface area (Å²) in [5.74, 6) is 0. The molecule has 3 unspecified atom stereocenters. The molecule has 2 N–H and O–H groups in total. The second-order valence-corrected chi connectivity index (χ2v) is 7.62. The first kappa shape index (κ1) is 22.2. The third-order valence-electron chi connectivity index (χ3n) is 5.80. The topological polar surface area (TPSA) is 32.3 Å². The summed E-state index contributed by atoms with van der Waals surface area (Å²) in [6.07, 6.45) is 24.8. The second kappa shape index (κ2) is 13.4. The number of hydrogen-bond acceptors (Lipinski definition) is 2. The molecule has 25 heavy (non-hydrogen) atoms. The molecule has 0 fully saturated rings. The van der Waals surface area contributed by atoms with Crippen LogP contribution in [0.5, 0.6) is 0 Å². The van der Waals surface area contributed by atoms with Crippen molar-refractivity contribution < 1.29 is 9.59 Å². The standard InChI is InChI=1S/C22H43N2O/c1-4-6-7-8-9-10-11-12-13-14-15-16-17-18-22-23-19-20-24(22,5-2)21(3)25/h4,6,19-23,25H,5,7-18H2,1-3H3/q+1/b6-4+. The van der Waals surface area contributed by atoms with Crippen LogP contribution in [0.2, 0.25) is 0 Å². The summed E-state index contributed by atoms with van der Waals surface area (Å²) in [5, 5.41) is 13.6. The zero-order valence-corrected chi connectivity index (χ0v) is 17.1. The van der Waals surface area contributed by atoms with E-state index in [1.807, 2.05) is 13.1 Å². The van der Waals surface area contributed by atoms with Gasteiger partial charge in [-0.25, -0.2) is 0 Å². The fraction of sp³-hybridized carbons (Fsp3) is 0.818. The van der Waals surface area contributed by atoms with E-state index in [1.54, 1.807) is 0 Å². The third-order valence-corrected chi connectivity index (χ3v) is 5.80. The maximum Gasteiger partial charge on any atom is 0.193 e. The number of aliphatic hydroxyl groups excluding tert-OH is 1. The Morgan fingerprint density at radius 3 is 2.08 bits per heavy atom. The van der Waals surface area contributed by atoms with Crippen LogP contribution in [0.4, 0.5) is 0 Å². The van der Waals surface area contributed by atoms with Crippen LogP contribution in [0.1, 0.15) is 97.8 Å². The molecule has 0 aromatic rings. The summed E-state index contributed by atoms with van der Waals surface area (Å²) in [6.45, 7) is 7.13. The average Bonchev–Trinajstić information content (AvgIpc) is 3.03. The predicted octanol–water partition coefficient (Wildman–Crippen LogP) is 5.82. The van der Waals surface area contributed by atoms with Crippen LogP contribution in [0.25, 0.3) is 0 Å². The number of quaternary nitrogens is 1. The van der Waals surface area contributed by atoms with E-state index in [4.69, 9.17) is 0 Å². The van der Waals surface area contributed by atoms with Gasteiger partial charge in [0.2, 0.25) is 0 Å². The Labute approximate surface area is 156 Å². The summed E-state index contributed by atoms with van der Waals surface area (Å²) in [6, 6.07) is 0. The molecule has 0 amide bonds. The molecule has 3 nitrogen and oxygen atoms in total. The molecule has 1 aliphatic heterocycles. The van der Waals surface area contributed by atoms with Gasteiger partial charge >= 0.3 is 0 Å². The van der Waals surface area contributed by atoms with Crippen molar-refractivity contribution in [2.75, 3.05) is 6.54 Å². The van der Waals surface area contributed by atoms with Crippen molar-refractivity contribution in [2.45, 2.75) is 110 Å². The Balaban J connectivity index is 1.95. The molecule has 0 aliphatic carbocycles. The number of nitrogens with zero attached hydrogens (tertiary/aromatic N) is 1. The lowest BCUT2D eigenvalue weighted by atomic mass is 10.0. The van der Waals surface area contributed by atoms with Gasteiger partial charge in [-0.15, -0.1) is 0 Å². The second-order valence-electron chi connectivity index (χ2n) is 7.62. The average molecular weight is 352 g/mol. The highest BCUT2D eigenvalue weighted by molar-refractivity contribution is 4.84. The van der Waals surface area contributed by atoms with Gasteiger partial charge in [0.05, 0.1) is 12.7 Å². The third kappa shape index (κ3) is 7.96. The van der Waals surface area contributed by atoms with Crippen molar-refractivity contribution in [3.8, 4) is 0 Å². The van der Waals surface area contributed by atoms with Gasteiger partial charge in [0.25, 0.3) is 0 Å². The van der Waals surface area contributed by atoms with E-state index in [-0.39, 0.29) is 6.23 Å². The molecule has 0 radical (unpaired) electrons. The van der Waals surface area contributed by atoms with Crippen molar-refractivity contribution in [1.29, 1.82) is 0 Å². The smallest absolute Gasteiger partial charge is 0.193 e. The largest absolute Gasteiger partial charge is 0.345 e. The van der Waals surface area contributed by atoms with Crippen LogP contribution in [-0.4, -0.2) is 28.5 Å². The Kier molecular flexibility index (Phi) is 11.9. The normalized spacial score (nSPS) is 24.1. The molecule has 0 saturated heterocycles. The van der Waals surface area contributed by atoms with Gasteiger partial charge in [0, 0.05) is 13.3 Å². The highest BCUT2D eigenvalue weighted by Crippen LogP contribution is 2.25. The summed E-state index contributed by atoms with van der Waals surface area (Å²) in [4.78, 5) is 0. The molecule has 0 spiro atoms. The minimum Gasteiger partial charge on any atom is -0.345 e. The first-order valence-electron chi connectivity index (χ1n) is 10.8. The van der Waals surface area contributed by atoms with E-state index in [0.717, 1.165) is 13.0 Å². The van der Waals surface area contributed by atoms with Crippen LogP contribution in [0.3, 0.4) is 0 Å². The minimum atomic E-state index is -0.334. The first-order chi connectivity index (χ1) is 12.2. The van der Waals surface area contributed by atoms with E-state index < -0.39 is 0 Å². The Hall–Kier alpha value is -0.800. The number of aliphatic hydroxyl groups is 1. The number of unbranched alkanes of at least 4 members (excludes halogenated alkanes) is 10. The quantitative estimate of drug-likeness (QED) is 0.221. The molecule has 3 heteroatoms. The molecule has 0 aromatic heterocycles. The summed E-state index contributed by atoms with van der Waals surface area (Å²) in [7, 11) is 0. The van der Waals surface area contributed by atoms with Crippen LogP contribution >= 0.6 is 0 Å². The van der Waals surface area contributed by atoms with E-state index in [1.165, 1.54) is 70.6 Å². The molecular formula is C22H43N2O+. The van der Waals surface area contributed by atoms with E-state index >= 15 is 0 Å². The highest BCUT2D eigenvalue weighted by Gasteiger charge is 2.40. The van der Waals surface area contributed by atoms with Gasteiger partial charge in [-0.2, -0.15) is 0 Å². The predicted molar refractivity (Wildman–Crippen MR) is 109 cm³/mol. The lowest BCUT2D eigenvalue weighted by Crippen LogP contribution is -2.57. The Bertz CT molecular complexity index is 378. The SMILES string of the molecule is C/C=C/CCCCCCCCCCCCC1NC=C[N+]1(CC)C(C)O. The summed E-state index contributed by atoms with van der Waals surface area (Å²) < 4.78 is 0.675. The van der Waals surface area contributed by atoms with Crippen molar-refractivity contribution >= 4 is 0 Å². The Morgan fingerprint density at radius 1 is 1.00 bits per heavy atom. The van der Waals surface area contributed by atoms with Crippen LogP contribution in [0, 0.1) is 0 Å². The maximum absolute atomic E-state index is 10.2. The zero-order chi connectivity index (χ0) is 18.4. The molecule has 0 saturated carbocycles. The van der Waals surface area contributed by atoms with Gasteiger partial charge in [-0.05, 0) is 33.1 Å². The summed E-state index contributed by atoms with van der Waals surface area (Å²) >= 11 is 0. The van der Waals surface area contributed by atoms with E-state index in [9.17, 15) is 5.11 Å². The highest BCUT2D eigenvalue weighted by atomic mass is 16.3. The minimum absolute atomic E-state index is 0.334. The number of allylic oxidation sites excluding steroid dienone is 2.